The van der Waals surface area contributed by atoms with Crippen LogP contribution in [0.3, 0.4) is 0 Å². The van der Waals surface area contributed by atoms with E-state index in [1.807, 2.05) is 12.1 Å². The van der Waals surface area contributed by atoms with Crippen molar-refractivity contribution in [2.24, 2.45) is 0 Å². The quantitative estimate of drug-likeness (QED) is 0.511. The fourth-order valence-electron chi connectivity index (χ4n) is 4.11. The Morgan fingerprint density at radius 2 is 1.93 bits per heavy atom. The summed E-state index contributed by atoms with van der Waals surface area (Å²) in [5.74, 6) is 0.278. The highest BCUT2D eigenvalue weighted by molar-refractivity contribution is 9.11. The number of rotatable bonds is 5. The van der Waals surface area contributed by atoms with Gasteiger partial charge in [0.25, 0.3) is 11.6 Å². The van der Waals surface area contributed by atoms with Crippen molar-refractivity contribution in [3.8, 4) is 5.75 Å². The smallest absolute Gasteiger partial charge is 0.294 e. The maximum Gasteiger partial charge on any atom is 0.294 e. The third-order valence-corrected chi connectivity index (χ3v) is 7.18. The fraction of sp³-hybridized carbons (Fsp3) is 0.421. The van der Waals surface area contributed by atoms with Gasteiger partial charge in [0.15, 0.2) is 4.88 Å². The highest BCUT2D eigenvalue weighted by Crippen LogP contribution is 2.36. The highest BCUT2D eigenvalue weighted by Gasteiger charge is 2.39. The lowest BCUT2D eigenvalue weighted by atomic mass is 10.0. The summed E-state index contributed by atoms with van der Waals surface area (Å²) < 4.78 is 6.69. The summed E-state index contributed by atoms with van der Waals surface area (Å²) in [5.41, 5.74) is 0.367. The number of hydrogen-bond donors (Lipinski definition) is 1. The van der Waals surface area contributed by atoms with E-state index in [1.54, 1.807) is 12.1 Å². The molecule has 2 bridgehead atoms. The molecule has 2 aromatic rings. The van der Waals surface area contributed by atoms with Crippen molar-refractivity contribution < 1.29 is 14.5 Å². The molecule has 0 aliphatic carbocycles. The van der Waals surface area contributed by atoms with E-state index in [0.717, 1.165) is 29.9 Å². The number of anilines is 1. The van der Waals surface area contributed by atoms with Crippen LogP contribution in [0.2, 0.25) is 0 Å². The second kappa shape index (κ2) is 7.81. The summed E-state index contributed by atoms with van der Waals surface area (Å²) in [6.45, 7) is 0. The first kappa shape index (κ1) is 19.4. The molecule has 4 rings (SSSR count). The number of ether oxygens (including phenoxy) is 1. The van der Waals surface area contributed by atoms with Crippen LogP contribution in [0, 0.1) is 10.1 Å². The molecule has 2 saturated heterocycles. The van der Waals surface area contributed by atoms with Gasteiger partial charge in [-0.05, 0) is 72.9 Å². The van der Waals surface area contributed by atoms with E-state index >= 15 is 0 Å². The van der Waals surface area contributed by atoms with Crippen molar-refractivity contribution in [2.45, 2.75) is 43.9 Å². The Morgan fingerprint density at radius 1 is 1.29 bits per heavy atom. The van der Waals surface area contributed by atoms with Crippen LogP contribution >= 0.6 is 27.3 Å². The average Bonchev–Trinajstić information content (AvgIpc) is 3.13. The van der Waals surface area contributed by atoms with Gasteiger partial charge in [-0.3, -0.25) is 14.9 Å². The predicted molar refractivity (Wildman–Crippen MR) is 111 cm³/mol. The Kier molecular flexibility index (Phi) is 5.39. The summed E-state index contributed by atoms with van der Waals surface area (Å²) >= 11 is 4.23. The summed E-state index contributed by atoms with van der Waals surface area (Å²) in [5, 5.41) is 13.8. The van der Waals surface area contributed by atoms with Crippen LogP contribution in [0.4, 0.5) is 11.4 Å². The van der Waals surface area contributed by atoms with Crippen LogP contribution in [0.5, 0.6) is 5.75 Å². The van der Waals surface area contributed by atoms with Gasteiger partial charge in [0.05, 0.1) is 8.71 Å². The van der Waals surface area contributed by atoms with E-state index in [2.05, 4.69) is 33.2 Å². The number of carbonyl (C=O) groups is 1. The normalized spacial score (nSPS) is 24.1. The number of benzene rings is 1. The number of fused-ring (bicyclic) bond motifs is 2. The van der Waals surface area contributed by atoms with E-state index < -0.39 is 10.8 Å². The zero-order valence-corrected chi connectivity index (χ0v) is 17.7. The first-order valence-corrected chi connectivity index (χ1v) is 10.8. The molecule has 28 heavy (non-hydrogen) atoms. The molecular weight excluding hydrogens is 446 g/mol. The van der Waals surface area contributed by atoms with Crippen molar-refractivity contribution in [3.05, 3.63) is 49.1 Å². The maximum atomic E-state index is 12.4. The van der Waals surface area contributed by atoms with Gasteiger partial charge in [-0.25, -0.2) is 0 Å². The molecule has 0 spiro atoms. The largest absolute Gasteiger partial charge is 0.490 e. The van der Waals surface area contributed by atoms with E-state index in [9.17, 15) is 14.9 Å². The number of thiophene rings is 1. The third kappa shape index (κ3) is 3.92. The van der Waals surface area contributed by atoms with Crippen molar-refractivity contribution in [1.29, 1.82) is 0 Å². The minimum atomic E-state index is -0.554. The molecule has 2 aliphatic heterocycles. The molecule has 2 unspecified atom stereocenters. The second-order valence-electron chi connectivity index (χ2n) is 7.26. The summed E-state index contributed by atoms with van der Waals surface area (Å²) in [6, 6.07) is 9.73. The van der Waals surface area contributed by atoms with Gasteiger partial charge in [0, 0.05) is 23.8 Å². The Hall–Kier alpha value is -1.97. The van der Waals surface area contributed by atoms with Crippen molar-refractivity contribution in [3.63, 3.8) is 0 Å². The van der Waals surface area contributed by atoms with Gasteiger partial charge >= 0.3 is 0 Å². The Bertz CT molecular complexity index is 887. The molecule has 1 amide bonds. The number of nitro groups is 1. The van der Waals surface area contributed by atoms with Crippen LogP contribution in [-0.4, -0.2) is 41.0 Å². The number of hydrogen-bond acceptors (Lipinski definition) is 6. The molecule has 148 valence electrons. The summed E-state index contributed by atoms with van der Waals surface area (Å²) in [4.78, 5) is 25.5. The summed E-state index contributed by atoms with van der Waals surface area (Å²) in [7, 11) is 2.20. The van der Waals surface area contributed by atoms with E-state index in [-0.39, 0.29) is 16.7 Å². The van der Waals surface area contributed by atoms with E-state index in [1.165, 1.54) is 18.9 Å². The van der Waals surface area contributed by atoms with Gasteiger partial charge in [0.1, 0.15) is 11.9 Å². The van der Waals surface area contributed by atoms with E-state index in [0.29, 0.717) is 21.6 Å². The standard InChI is InChI=1S/C19H20BrN3O4S/c1-22-12-4-5-13(22)9-15(8-12)27-14-6-2-11(3-7-14)21-19(24)18-16(23(25)26)10-17(20)28-18/h2-3,6-7,10,12-13,15H,4-5,8-9H2,1H3,(H,21,24). The van der Waals surface area contributed by atoms with Crippen LogP contribution < -0.4 is 10.1 Å². The van der Waals surface area contributed by atoms with Crippen molar-refractivity contribution in [2.75, 3.05) is 12.4 Å². The SMILES string of the molecule is CN1C2CCC1CC(Oc1ccc(NC(=O)c3sc(Br)cc3[N+](=O)[O-])cc1)C2. The number of nitrogens with zero attached hydrogens (tertiary/aromatic N) is 2. The van der Waals surface area contributed by atoms with Gasteiger partial charge in [0.2, 0.25) is 0 Å². The lowest BCUT2D eigenvalue weighted by molar-refractivity contribution is -0.384. The van der Waals surface area contributed by atoms with E-state index in [4.69, 9.17) is 4.74 Å². The molecule has 2 atom stereocenters. The monoisotopic (exact) mass is 465 g/mol. The minimum Gasteiger partial charge on any atom is -0.490 e. The molecule has 2 aliphatic rings. The molecule has 1 N–H and O–H groups in total. The first-order chi connectivity index (χ1) is 13.4. The number of amides is 1. The molecule has 1 aromatic carbocycles. The Labute approximate surface area is 175 Å². The number of nitrogens with one attached hydrogen (secondary N) is 1. The lowest BCUT2D eigenvalue weighted by Crippen LogP contribution is -2.43. The van der Waals surface area contributed by atoms with Crippen molar-refractivity contribution in [1.82, 2.24) is 4.90 Å². The van der Waals surface area contributed by atoms with Crippen LogP contribution in [0.15, 0.2) is 34.1 Å². The predicted octanol–water partition coefficient (Wildman–Crippen LogP) is 4.68. The molecular formula is C19H20BrN3O4S. The molecule has 1 aromatic heterocycles. The molecule has 0 radical (unpaired) electrons. The fourth-order valence-corrected chi connectivity index (χ4v) is 5.56. The number of halogens is 1. The second-order valence-corrected chi connectivity index (χ2v) is 9.69. The van der Waals surface area contributed by atoms with Gasteiger partial charge < -0.3 is 15.0 Å². The van der Waals surface area contributed by atoms with Crippen LogP contribution in [0.1, 0.15) is 35.4 Å². The lowest BCUT2D eigenvalue weighted by Gasteiger charge is -2.36. The Morgan fingerprint density at radius 3 is 2.54 bits per heavy atom. The zero-order chi connectivity index (χ0) is 19.8. The maximum absolute atomic E-state index is 12.4. The van der Waals surface area contributed by atoms with Gasteiger partial charge in [-0.1, -0.05) is 0 Å². The number of piperidine rings is 1. The van der Waals surface area contributed by atoms with Crippen LogP contribution in [0.25, 0.3) is 0 Å². The molecule has 0 saturated carbocycles. The average molecular weight is 466 g/mol. The zero-order valence-electron chi connectivity index (χ0n) is 15.3. The topological polar surface area (TPSA) is 84.7 Å². The molecule has 7 nitrogen and oxygen atoms in total. The molecule has 3 heterocycles. The number of carbonyl (C=O) groups excluding carboxylic acids is 1. The molecule has 9 heteroatoms. The van der Waals surface area contributed by atoms with Gasteiger partial charge in [-0.2, -0.15) is 0 Å². The Balaban J connectivity index is 1.39. The third-order valence-electron chi connectivity index (χ3n) is 5.56. The molecule has 2 fully saturated rings. The first-order valence-electron chi connectivity index (χ1n) is 9.14. The van der Waals surface area contributed by atoms with Gasteiger partial charge in [-0.15, -0.1) is 11.3 Å². The summed E-state index contributed by atoms with van der Waals surface area (Å²) in [6.07, 6.45) is 4.80. The highest BCUT2D eigenvalue weighted by atomic mass is 79.9. The minimum absolute atomic E-state index is 0.0685. The van der Waals surface area contributed by atoms with Crippen molar-refractivity contribution >= 4 is 44.5 Å². The van der Waals surface area contributed by atoms with Crippen LogP contribution in [-0.2, 0) is 0 Å².